The van der Waals surface area contributed by atoms with Crippen molar-refractivity contribution in [3.05, 3.63) is 65.5 Å². The van der Waals surface area contributed by atoms with E-state index in [4.69, 9.17) is 15.6 Å². The molecule has 0 aliphatic rings. The number of benzene rings is 2. The van der Waals surface area contributed by atoms with Crippen molar-refractivity contribution in [1.29, 1.82) is 0 Å². The largest absolute Gasteiger partial charge is 0.497 e. The van der Waals surface area contributed by atoms with Crippen LogP contribution in [0.1, 0.15) is 17.0 Å². The summed E-state index contributed by atoms with van der Waals surface area (Å²) >= 11 is 0. The van der Waals surface area contributed by atoms with Crippen LogP contribution in [0.25, 0.3) is 16.8 Å². The average Bonchev–Trinajstić information content (AvgIpc) is 2.90. The number of aryl methyl sites for hydroxylation is 1. The molecular formula is C20H23N3O. The molecule has 2 N–H and O–H groups in total. The van der Waals surface area contributed by atoms with Gasteiger partial charge in [0.1, 0.15) is 5.75 Å². The molecule has 4 heteroatoms. The molecule has 1 aromatic heterocycles. The van der Waals surface area contributed by atoms with Crippen molar-refractivity contribution in [3.63, 3.8) is 0 Å². The van der Waals surface area contributed by atoms with Crippen molar-refractivity contribution in [1.82, 2.24) is 9.78 Å². The van der Waals surface area contributed by atoms with Crippen molar-refractivity contribution >= 4 is 0 Å². The monoisotopic (exact) mass is 321 g/mol. The highest BCUT2D eigenvalue weighted by atomic mass is 16.5. The summed E-state index contributed by atoms with van der Waals surface area (Å²) in [6.45, 7) is 4.81. The Balaban J connectivity index is 2.02. The lowest BCUT2D eigenvalue weighted by Gasteiger charge is -2.08. The van der Waals surface area contributed by atoms with E-state index in [1.807, 2.05) is 29.8 Å². The zero-order chi connectivity index (χ0) is 17.1. The van der Waals surface area contributed by atoms with Crippen LogP contribution in [-0.2, 0) is 6.42 Å². The van der Waals surface area contributed by atoms with E-state index in [1.54, 1.807) is 7.11 Å². The van der Waals surface area contributed by atoms with E-state index < -0.39 is 0 Å². The molecule has 0 unspecified atom stereocenters. The second kappa shape index (κ2) is 6.89. The molecule has 0 saturated heterocycles. The smallest absolute Gasteiger partial charge is 0.119 e. The summed E-state index contributed by atoms with van der Waals surface area (Å²) < 4.78 is 7.34. The van der Waals surface area contributed by atoms with Crippen molar-refractivity contribution in [3.8, 4) is 22.6 Å². The highest BCUT2D eigenvalue weighted by molar-refractivity contribution is 5.70. The van der Waals surface area contributed by atoms with Gasteiger partial charge in [-0.1, -0.05) is 24.3 Å². The van der Waals surface area contributed by atoms with Crippen molar-refractivity contribution in [2.45, 2.75) is 20.3 Å². The van der Waals surface area contributed by atoms with Crippen LogP contribution >= 0.6 is 0 Å². The van der Waals surface area contributed by atoms with Gasteiger partial charge < -0.3 is 10.5 Å². The summed E-state index contributed by atoms with van der Waals surface area (Å²) in [7, 11) is 1.69. The van der Waals surface area contributed by atoms with Crippen molar-refractivity contribution in [2.75, 3.05) is 13.7 Å². The van der Waals surface area contributed by atoms with Gasteiger partial charge >= 0.3 is 0 Å². The van der Waals surface area contributed by atoms with E-state index in [1.165, 1.54) is 5.56 Å². The Labute approximate surface area is 142 Å². The van der Waals surface area contributed by atoms with E-state index in [0.29, 0.717) is 6.54 Å². The van der Waals surface area contributed by atoms with Crippen LogP contribution in [0.15, 0.2) is 48.5 Å². The van der Waals surface area contributed by atoms with Gasteiger partial charge in [-0.2, -0.15) is 5.10 Å². The Morgan fingerprint density at radius 3 is 2.50 bits per heavy atom. The number of hydrogen-bond donors (Lipinski definition) is 1. The molecule has 0 amide bonds. The Kier molecular flexibility index (Phi) is 4.67. The maximum atomic E-state index is 5.62. The minimum Gasteiger partial charge on any atom is -0.497 e. The van der Waals surface area contributed by atoms with E-state index in [-0.39, 0.29) is 0 Å². The SMILES string of the molecule is COc1cccc(-c2c(C)nn(-c3ccc(CCN)cc3)c2C)c1. The predicted molar refractivity (Wildman–Crippen MR) is 97.8 cm³/mol. The topological polar surface area (TPSA) is 53.1 Å². The molecule has 0 fully saturated rings. The molecule has 0 atom stereocenters. The number of hydrogen-bond acceptors (Lipinski definition) is 3. The first-order valence-corrected chi connectivity index (χ1v) is 8.14. The number of rotatable bonds is 5. The van der Waals surface area contributed by atoms with Gasteiger partial charge in [-0.25, -0.2) is 4.68 Å². The standard InChI is InChI=1S/C20H23N3O/c1-14-20(17-5-4-6-19(13-17)24-3)15(2)23(22-14)18-9-7-16(8-10-18)11-12-21/h4-10,13H,11-12,21H2,1-3H3. The quantitative estimate of drug-likeness (QED) is 0.780. The van der Waals surface area contributed by atoms with Crippen LogP contribution in [0, 0.1) is 13.8 Å². The number of nitrogens with two attached hydrogens (primary N) is 1. The molecule has 0 aliphatic carbocycles. The van der Waals surface area contributed by atoms with Gasteiger partial charge in [0.15, 0.2) is 0 Å². The van der Waals surface area contributed by atoms with Crippen LogP contribution in [0.3, 0.4) is 0 Å². The van der Waals surface area contributed by atoms with Crippen LogP contribution in [0.4, 0.5) is 0 Å². The van der Waals surface area contributed by atoms with Gasteiger partial charge in [0, 0.05) is 11.3 Å². The zero-order valence-electron chi connectivity index (χ0n) is 14.4. The third-order valence-electron chi connectivity index (χ3n) is 4.26. The Bertz CT molecular complexity index is 835. The van der Waals surface area contributed by atoms with E-state index >= 15 is 0 Å². The molecule has 0 radical (unpaired) electrons. The summed E-state index contributed by atoms with van der Waals surface area (Å²) in [6.07, 6.45) is 0.895. The highest BCUT2D eigenvalue weighted by Crippen LogP contribution is 2.30. The molecule has 1 heterocycles. The summed E-state index contributed by atoms with van der Waals surface area (Å²) in [6, 6.07) is 16.5. The lowest BCUT2D eigenvalue weighted by atomic mass is 10.0. The molecule has 0 bridgehead atoms. The molecule has 4 nitrogen and oxygen atoms in total. The number of ether oxygens (including phenoxy) is 1. The molecule has 0 spiro atoms. The molecule has 0 saturated carbocycles. The van der Waals surface area contributed by atoms with E-state index in [2.05, 4.69) is 37.3 Å². The lowest BCUT2D eigenvalue weighted by Crippen LogP contribution is -2.03. The van der Waals surface area contributed by atoms with Crippen LogP contribution < -0.4 is 10.5 Å². The second-order valence-corrected chi connectivity index (χ2v) is 5.89. The number of aromatic nitrogens is 2. The van der Waals surface area contributed by atoms with E-state index in [0.717, 1.165) is 40.4 Å². The first-order valence-electron chi connectivity index (χ1n) is 8.14. The van der Waals surface area contributed by atoms with Crippen LogP contribution in [0.2, 0.25) is 0 Å². The Morgan fingerprint density at radius 1 is 1.08 bits per heavy atom. The Hall–Kier alpha value is -2.59. The fourth-order valence-corrected chi connectivity index (χ4v) is 3.06. The van der Waals surface area contributed by atoms with Gasteiger partial charge in [0.05, 0.1) is 18.5 Å². The fraction of sp³-hybridized carbons (Fsp3) is 0.250. The van der Waals surface area contributed by atoms with Gasteiger partial charge in [-0.3, -0.25) is 0 Å². The van der Waals surface area contributed by atoms with Crippen molar-refractivity contribution in [2.24, 2.45) is 5.73 Å². The molecule has 0 aliphatic heterocycles. The van der Waals surface area contributed by atoms with Gasteiger partial charge in [0.2, 0.25) is 0 Å². The fourth-order valence-electron chi connectivity index (χ4n) is 3.06. The minimum atomic E-state index is 0.666. The van der Waals surface area contributed by atoms with E-state index in [9.17, 15) is 0 Å². The summed E-state index contributed by atoms with van der Waals surface area (Å²) in [5, 5.41) is 4.74. The van der Waals surface area contributed by atoms with Gasteiger partial charge in [0.25, 0.3) is 0 Å². The van der Waals surface area contributed by atoms with Crippen LogP contribution in [-0.4, -0.2) is 23.4 Å². The average molecular weight is 321 g/mol. The maximum absolute atomic E-state index is 5.62. The minimum absolute atomic E-state index is 0.666. The first kappa shape index (κ1) is 16.3. The normalized spacial score (nSPS) is 10.8. The van der Waals surface area contributed by atoms with Crippen molar-refractivity contribution < 1.29 is 4.74 Å². The van der Waals surface area contributed by atoms with Gasteiger partial charge in [-0.15, -0.1) is 0 Å². The summed E-state index contributed by atoms with van der Waals surface area (Å²) in [4.78, 5) is 0. The second-order valence-electron chi connectivity index (χ2n) is 5.89. The third kappa shape index (κ3) is 3.05. The molecule has 2 aromatic carbocycles. The Morgan fingerprint density at radius 2 is 1.83 bits per heavy atom. The maximum Gasteiger partial charge on any atom is 0.119 e. The molecule has 3 rings (SSSR count). The first-order chi connectivity index (χ1) is 11.6. The van der Waals surface area contributed by atoms with Crippen LogP contribution in [0.5, 0.6) is 5.75 Å². The highest BCUT2D eigenvalue weighted by Gasteiger charge is 2.15. The third-order valence-corrected chi connectivity index (χ3v) is 4.26. The number of methoxy groups -OCH3 is 1. The molecule has 124 valence electrons. The summed E-state index contributed by atoms with van der Waals surface area (Å²) in [5.74, 6) is 0.852. The molecule has 3 aromatic rings. The zero-order valence-corrected chi connectivity index (χ0v) is 14.4. The lowest BCUT2D eigenvalue weighted by molar-refractivity contribution is 0.415. The predicted octanol–water partition coefficient (Wildman–Crippen LogP) is 3.67. The van der Waals surface area contributed by atoms with Gasteiger partial charge in [-0.05, 0) is 62.2 Å². The number of nitrogens with zero attached hydrogens (tertiary/aromatic N) is 2. The summed E-state index contributed by atoms with van der Waals surface area (Å²) in [5.41, 5.74) is 12.3. The molecular weight excluding hydrogens is 298 g/mol. The molecule has 24 heavy (non-hydrogen) atoms.